The van der Waals surface area contributed by atoms with Crippen molar-refractivity contribution in [2.45, 2.75) is 45.3 Å². The number of hydrogen-bond donors (Lipinski definition) is 1. The van der Waals surface area contributed by atoms with Gasteiger partial charge in [0.05, 0.1) is 30.2 Å². The zero-order valence-corrected chi connectivity index (χ0v) is 19.7. The number of nitrogens with zero attached hydrogens (tertiary/aromatic N) is 4. The van der Waals surface area contributed by atoms with E-state index >= 15 is 0 Å². The number of fused-ring (bicyclic) bond motifs is 1. The van der Waals surface area contributed by atoms with E-state index in [0.717, 1.165) is 23.4 Å². The van der Waals surface area contributed by atoms with Crippen LogP contribution in [0.15, 0.2) is 24.5 Å². The molecule has 1 N–H and O–H groups in total. The van der Waals surface area contributed by atoms with Crippen LogP contribution in [0.5, 0.6) is 5.75 Å². The van der Waals surface area contributed by atoms with Crippen LogP contribution in [0.1, 0.15) is 27.2 Å². The Morgan fingerprint density at radius 3 is 2.50 bits per heavy atom. The van der Waals surface area contributed by atoms with Crippen molar-refractivity contribution < 1.29 is 19.1 Å². The van der Waals surface area contributed by atoms with Crippen LogP contribution in [0, 0.1) is 0 Å². The lowest BCUT2D eigenvalue weighted by atomic mass is 10.2. The summed E-state index contributed by atoms with van der Waals surface area (Å²) in [6, 6.07) is 3.97. The van der Waals surface area contributed by atoms with E-state index in [4.69, 9.17) is 14.3 Å². The van der Waals surface area contributed by atoms with Crippen molar-refractivity contribution in [2.75, 3.05) is 44.3 Å². The van der Waals surface area contributed by atoms with E-state index in [-0.39, 0.29) is 5.04 Å². The Kier molecular flexibility index (Phi) is 6.61. The van der Waals surface area contributed by atoms with Crippen LogP contribution in [0.4, 0.5) is 10.5 Å². The zero-order chi connectivity index (χ0) is 21.9. The quantitative estimate of drug-likeness (QED) is 0.525. The fourth-order valence-corrected chi connectivity index (χ4v) is 4.30. The molecule has 1 aliphatic heterocycles. The van der Waals surface area contributed by atoms with Gasteiger partial charge in [-0.3, -0.25) is 0 Å². The molecule has 9 heteroatoms. The van der Waals surface area contributed by atoms with Gasteiger partial charge in [0.1, 0.15) is 5.75 Å². The maximum absolute atomic E-state index is 11.1. The Hall–Kier alpha value is -2.26. The molecular formula is C21H34N4O4Si. The van der Waals surface area contributed by atoms with Crippen LogP contribution in [0.2, 0.25) is 18.1 Å². The molecule has 3 rings (SSSR count). The van der Waals surface area contributed by atoms with Crippen LogP contribution in [0.25, 0.3) is 5.52 Å². The third-order valence-corrected chi connectivity index (χ3v) is 10.7. The lowest BCUT2D eigenvalue weighted by Crippen LogP contribution is -2.48. The third kappa shape index (κ3) is 5.07. The van der Waals surface area contributed by atoms with Gasteiger partial charge in [-0.25, -0.2) is 9.31 Å². The van der Waals surface area contributed by atoms with Gasteiger partial charge in [-0.1, -0.05) is 20.8 Å². The number of rotatable bonds is 7. The highest BCUT2D eigenvalue weighted by molar-refractivity contribution is 6.74. The molecule has 3 heterocycles. The predicted octanol–water partition coefficient (Wildman–Crippen LogP) is 3.93. The molecular weight excluding hydrogens is 400 g/mol. The molecule has 0 aliphatic carbocycles. The standard InChI is InChI=1S/C21H34N4O4Si/c1-21(2,3)30(4,5)29-14-6-13-28-17-7-8-18-19(15-22-25(18)16-17)23-9-11-24(12-10-23)20(26)27/h7-8,15-16H,6,9-14H2,1-5H3,(H,26,27). The van der Waals surface area contributed by atoms with Gasteiger partial charge in [0.15, 0.2) is 8.32 Å². The number of aromatic nitrogens is 2. The van der Waals surface area contributed by atoms with Gasteiger partial charge in [-0.2, -0.15) is 5.10 Å². The zero-order valence-electron chi connectivity index (χ0n) is 18.7. The average Bonchev–Trinajstić information content (AvgIpc) is 3.10. The molecule has 0 saturated carbocycles. The first-order valence-corrected chi connectivity index (χ1v) is 13.5. The van der Waals surface area contributed by atoms with Crippen molar-refractivity contribution in [1.82, 2.24) is 14.5 Å². The first-order valence-electron chi connectivity index (χ1n) is 10.6. The summed E-state index contributed by atoms with van der Waals surface area (Å²) in [5.41, 5.74) is 2.02. The van der Waals surface area contributed by atoms with Gasteiger partial charge >= 0.3 is 6.09 Å². The first kappa shape index (κ1) is 22.4. The molecule has 0 unspecified atom stereocenters. The summed E-state index contributed by atoms with van der Waals surface area (Å²) in [6.07, 6.45) is 3.72. The van der Waals surface area contributed by atoms with Crippen LogP contribution in [-0.4, -0.2) is 73.4 Å². The minimum Gasteiger partial charge on any atom is -0.492 e. The van der Waals surface area contributed by atoms with Crippen molar-refractivity contribution in [3.63, 3.8) is 0 Å². The summed E-state index contributed by atoms with van der Waals surface area (Å²) < 4.78 is 13.9. The molecule has 8 nitrogen and oxygen atoms in total. The van der Waals surface area contributed by atoms with E-state index in [1.54, 1.807) is 0 Å². The van der Waals surface area contributed by atoms with Gasteiger partial charge in [-0.05, 0) is 30.3 Å². The predicted molar refractivity (Wildman–Crippen MR) is 120 cm³/mol. The van der Waals surface area contributed by atoms with Crippen LogP contribution in [0.3, 0.4) is 0 Å². The molecule has 0 spiro atoms. The van der Waals surface area contributed by atoms with Gasteiger partial charge in [-0.15, -0.1) is 0 Å². The summed E-state index contributed by atoms with van der Waals surface area (Å²) in [5, 5.41) is 13.8. The summed E-state index contributed by atoms with van der Waals surface area (Å²) in [6.45, 7) is 14.9. The molecule has 1 amide bonds. The van der Waals surface area contributed by atoms with Gasteiger partial charge in [0.25, 0.3) is 0 Å². The summed E-state index contributed by atoms with van der Waals surface area (Å²) in [7, 11) is -1.70. The number of ether oxygens (including phenoxy) is 1. The molecule has 0 aromatic carbocycles. The Labute approximate surface area is 179 Å². The molecule has 0 bridgehead atoms. The molecule has 30 heavy (non-hydrogen) atoms. The second-order valence-electron chi connectivity index (χ2n) is 9.29. The van der Waals surface area contributed by atoms with Gasteiger partial charge in [0.2, 0.25) is 0 Å². The van der Waals surface area contributed by atoms with Crippen molar-refractivity contribution in [1.29, 1.82) is 0 Å². The number of hydrogen-bond acceptors (Lipinski definition) is 5. The number of piperazine rings is 1. The molecule has 0 atom stereocenters. The summed E-state index contributed by atoms with van der Waals surface area (Å²) in [4.78, 5) is 14.7. The first-order chi connectivity index (χ1) is 14.1. The number of carboxylic acid groups (broad SMARTS) is 1. The van der Waals surface area contributed by atoms with E-state index in [1.165, 1.54) is 4.90 Å². The van der Waals surface area contributed by atoms with E-state index in [9.17, 15) is 4.79 Å². The molecule has 1 fully saturated rings. The topological polar surface area (TPSA) is 79.5 Å². The molecule has 1 aliphatic rings. The number of carbonyl (C=O) groups is 1. The highest BCUT2D eigenvalue weighted by atomic mass is 28.4. The molecule has 2 aromatic heterocycles. The largest absolute Gasteiger partial charge is 0.492 e. The van der Waals surface area contributed by atoms with E-state index < -0.39 is 14.4 Å². The highest BCUT2D eigenvalue weighted by Gasteiger charge is 2.36. The fraction of sp³-hybridized carbons (Fsp3) is 0.619. The number of anilines is 1. The molecule has 166 valence electrons. The van der Waals surface area contributed by atoms with Gasteiger partial charge in [0, 0.05) is 39.2 Å². The number of amides is 1. The maximum atomic E-state index is 11.1. The smallest absolute Gasteiger partial charge is 0.407 e. The fourth-order valence-electron chi connectivity index (χ4n) is 3.21. The normalized spacial score (nSPS) is 15.6. The summed E-state index contributed by atoms with van der Waals surface area (Å²) in [5.74, 6) is 0.778. The monoisotopic (exact) mass is 434 g/mol. The van der Waals surface area contributed by atoms with Crippen molar-refractivity contribution in [3.8, 4) is 5.75 Å². The second-order valence-corrected chi connectivity index (χ2v) is 14.1. The SMILES string of the molecule is CC(C)(C)[Si](C)(C)OCCCOc1ccc2c(N3CCN(C(=O)O)CC3)cnn2c1. The molecule has 1 saturated heterocycles. The summed E-state index contributed by atoms with van der Waals surface area (Å²) >= 11 is 0. The van der Waals surface area contributed by atoms with Crippen LogP contribution < -0.4 is 9.64 Å². The highest BCUT2D eigenvalue weighted by Crippen LogP contribution is 2.36. The Bertz CT molecular complexity index is 870. The second kappa shape index (κ2) is 8.85. The number of pyridine rings is 1. The molecule has 2 aromatic rings. The van der Waals surface area contributed by atoms with E-state index in [1.807, 2.05) is 29.0 Å². The minimum absolute atomic E-state index is 0.219. The van der Waals surface area contributed by atoms with E-state index in [2.05, 4.69) is 43.9 Å². The van der Waals surface area contributed by atoms with Crippen molar-refractivity contribution >= 4 is 25.6 Å². The minimum atomic E-state index is -1.70. The van der Waals surface area contributed by atoms with Crippen LogP contribution in [-0.2, 0) is 4.43 Å². The Morgan fingerprint density at radius 2 is 1.87 bits per heavy atom. The van der Waals surface area contributed by atoms with Crippen LogP contribution >= 0.6 is 0 Å². The lowest BCUT2D eigenvalue weighted by Gasteiger charge is -2.36. The van der Waals surface area contributed by atoms with Crippen molar-refractivity contribution in [3.05, 3.63) is 24.5 Å². The maximum Gasteiger partial charge on any atom is 0.407 e. The Balaban J connectivity index is 1.52. The third-order valence-electron chi connectivity index (χ3n) is 6.19. The molecule has 0 radical (unpaired) electrons. The lowest BCUT2D eigenvalue weighted by molar-refractivity contribution is 0.142. The van der Waals surface area contributed by atoms with Gasteiger partial charge < -0.3 is 24.1 Å². The van der Waals surface area contributed by atoms with Crippen molar-refractivity contribution in [2.24, 2.45) is 0 Å². The Morgan fingerprint density at radius 1 is 1.17 bits per heavy atom. The van der Waals surface area contributed by atoms with E-state index in [0.29, 0.717) is 39.4 Å². The average molecular weight is 435 g/mol.